The monoisotopic (exact) mass is 474 g/mol. The molecule has 30 heavy (non-hydrogen) atoms. The minimum absolute atomic E-state index is 0.0188. The summed E-state index contributed by atoms with van der Waals surface area (Å²) in [5.41, 5.74) is 0.704. The number of rotatable bonds is 6. The van der Waals surface area contributed by atoms with E-state index in [1.54, 1.807) is 34.0 Å². The van der Waals surface area contributed by atoms with Crippen LogP contribution in [0.2, 0.25) is 5.15 Å². The van der Waals surface area contributed by atoms with Crippen LogP contribution in [0.4, 0.5) is 0 Å². The summed E-state index contributed by atoms with van der Waals surface area (Å²) in [7, 11) is 0. The topological polar surface area (TPSA) is 124 Å². The van der Waals surface area contributed by atoms with Gasteiger partial charge in [-0.1, -0.05) is 35.1 Å². The molecule has 2 aromatic heterocycles. The van der Waals surface area contributed by atoms with Crippen LogP contribution in [0, 0.1) is 13.8 Å². The average molecular weight is 475 g/mol. The maximum absolute atomic E-state index is 11.5. The van der Waals surface area contributed by atoms with Gasteiger partial charge in [0.05, 0.1) is 24.6 Å². The molecule has 2 aromatic rings. The lowest BCUT2D eigenvalue weighted by Gasteiger charge is -2.07. The van der Waals surface area contributed by atoms with Gasteiger partial charge in [-0.3, -0.25) is 4.79 Å². The highest BCUT2D eigenvalue weighted by Gasteiger charge is 2.18. The third-order valence-corrected chi connectivity index (χ3v) is 4.84. The lowest BCUT2D eigenvalue weighted by Crippen LogP contribution is -2.23. The summed E-state index contributed by atoms with van der Waals surface area (Å²) in [6.07, 6.45) is 3.64. The van der Waals surface area contributed by atoms with Crippen molar-refractivity contribution in [2.75, 3.05) is 25.7 Å². The van der Waals surface area contributed by atoms with Gasteiger partial charge in [0.25, 0.3) is 5.56 Å². The van der Waals surface area contributed by atoms with E-state index >= 15 is 0 Å². The Bertz CT molecular complexity index is 945. The van der Waals surface area contributed by atoms with Crippen molar-refractivity contribution in [1.29, 1.82) is 0 Å². The summed E-state index contributed by atoms with van der Waals surface area (Å²) in [5.74, 6) is -1.11. The van der Waals surface area contributed by atoms with E-state index in [0.29, 0.717) is 28.3 Å². The van der Waals surface area contributed by atoms with Crippen molar-refractivity contribution in [3.8, 4) is 0 Å². The molecular weight excluding hydrogens is 452 g/mol. The Labute approximate surface area is 187 Å². The molecule has 2 rings (SSSR count). The number of thioether (sulfide) groups is 2. The van der Waals surface area contributed by atoms with Gasteiger partial charge in [-0.15, -0.1) is 0 Å². The molecule has 12 heteroatoms. The van der Waals surface area contributed by atoms with Crippen LogP contribution < -0.4 is 5.56 Å². The van der Waals surface area contributed by atoms with Crippen LogP contribution in [-0.2, 0) is 9.47 Å². The number of hydrogen-bond donors (Lipinski definition) is 1. The fourth-order valence-electron chi connectivity index (χ4n) is 2.14. The van der Waals surface area contributed by atoms with Crippen LogP contribution >= 0.6 is 35.1 Å². The molecule has 9 nitrogen and oxygen atoms in total. The van der Waals surface area contributed by atoms with Gasteiger partial charge < -0.3 is 14.5 Å². The fraction of sp³-hybridized carbons (Fsp3) is 0.444. The molecule has 0 unspecified atom stereocenters. The molecule has 0 radical (unpaired) electrons. The first-order chi connectivity index (χ1) is 14.2. The second-order valence-electron chi connectivity index (χ2n) is 5.44. The molecule has 0 saturated carbocycles. The third-order valence-electron chi connectivity index (χ3n) is 3.44. The Kier molecular flexibility index (Phi) is 10.8. The van der Waals surface area contributed by atoms with E-state index in [0.717, 1.165) is 0 Å². The number of halogens is 1. The van der Waals surface area contributed by atoms with Crippen LogP contribution in [0.5, 0.6) is 0 Å². The van der Waals surface area contributed by atoms with Crippen molar-refractivity contribution >= 4 is 47.1 Å². The summed E-state index contributed by atoms with van der Waals surface area (Å²) >= 11 is 8.56. The highest BCUT2D eigenvalue weighted by Crippen LogP contribution is 2.21. The van der Waals surface area contributed by atoms with Crippen molar-refractivity contribution in [2.24, 2.45) is 0 Å². The molecule has 1 N–H and O–H groups in total. The number of nitrogens with one attached hydrogen (secondary N) is 1. The number of aryl methyl sites for hydroxylation is 2. The summed E-state index contributed by atoms with van der Waals surface area (Å²) < 4.78 is 9.61. The number of aromatic amines is 1. The Morgan fingerprint density at radius 2 is 1.47 bits per heavy atom. The van der Waals surface area contributed by atoms with E-state index in [1.807, 2.05) is 6.26 Å². The van der Waals surface area contributed by atoms with Crippen LogP contribution in [0.1, 0.15) is 46.0 Å². The quantitative estimate of drug-likeness (QED) is 0.288. The van der Waals surface area contributed by atoms with Crippen molar-refractivity contribution in [1.82, 2.24) is 19.9 Å². The molecule has 0 aliphatic rings. The number of ether oxygens (including phenoxy) is 2. The first kappa shape index (κ1) is 25.9. The number of H-pyrrole nitrogens is 1. The molecule has 164 valence electrons. The van der Waals surface area contributed by atoms with Crippen molar-refractivity contribution < 1.29 is 19.1 Å². The van der Waals surface area contributed by atoms with Gasteiger partial charge in [0.15, 0.2) is 10.3 Å². The van der Waals surface area contributed by atoms with E-state index in [2.05, 4.69) is 19.9 Å². The van der Waals surface area contributed by atoms with E-state index in [9.17, 15) is 14.4 Å². The van der Waals surface area contributed by atoms with Crippen molar-refractivity contribution in [2.45, 2.75) is 38.0 Å². The van der Waals surface area contributed by atoms with E-state index in [-0.39, 0.29) is 22.9 Å². The van der Waals surface area contributed by atoms with Gasteiger partial charge in [0, 0.05) is 0 Å². The van der Waals surface area contributed by atoms with Crippen molar-refractivity contribution in [3.63, 3.8) is 0 Å². The standard InChI is InChI=1S/C9H11ClN2O2S.C9H12N2O3S/c1-4-14-8(13)6-5(2)11-9(15-3)12-7(6)10;1-4-14-8(13)6-5(2)10-9(15-3)11-7(6)12/h4H2,1-3H3;4H2,1-3H3,(H,10,11,12). The minimum atomic E-state index is -0.628. The van der Waals surface area contributed by atoms with Gasteiger partial charge in [-0.25, -0.2) is 24.5 Å². The maximum Gasteiger partial charge on any atom is 0.345 e. The van der Waals surface area contributed by atoms with E-state index < -0.39 is 17.5 Å². The molecule has 0 bridgehead atoms. The first-order valence-corrected chi connectivity index (χ1v) is 11.6. The average Bonchev–Trinajstić information content (AvgIpc) is 2.67. The van der Waals surface area contributed by atoms with Gasteiger partial charge in [0.2, 0.25) is 0 Å². The summed E-state index contributed by atoms with van der Waals surface area (Å²) in [5, 5.41) is 1.18. The number of hydrogen-bond acceptors (Lipinski definition) is 10. The largest absolute Gasteiger partial charge is 0.462 e. The van der Waals surface area contributed by atoms with Gasteiger partial charge >= 0.3 is 11.9 Å². The number of aromatic nitrogens is 4. The third kappa shape index (κ3) is 6.99. The fourth-order valence-corrected chi connectivity index (χ4v) is 3.32. The lowest BCUT2D eigenvalue weighted by atomic mass is 10.2. The summed E-state index contributed by atoms with van der Waals surface area (Å²) in [6, 6.07) is 0. The lowest BCUT2D eigenvalue weighted by molar-refractivity contribution is 0.0513. The number of esters is 2. The Balaban J connectivity index is 0.000000300. The van der Waals surface area contributed by atoms with Crippen LogP contribution in [0.3, 0.4) is 0 Å². The molecule has 0 fully saturated rings. The smallest absolute Gasteiger partial charge is 0.345 e. The van der Waals surface area contributed by atoms with Gasteiger partial charge in [-0.2, -0.15) is 0 Å². The molecule has 0 atom stereocenters. The summed E-state index contributed by atoms with van der Waals surface area (Å²) in [4.78, 5) is 49.1. The molecule has 0 saturated heterocycles. The maximum atomic E-state index is 11.5. The highest BCUT2D eigenvalue weighted by molar-refractivity contribution is 7.98. The molecule has 0 spiro atoms. The zero-order chi connectivity index (χ0) is 22.8. The Morgan fingerprint density at radius 1 is 0.933 bits per heavy atom. The second-order valence-corrected chi connectivity index (χ2v) is 7.36. The zero-order valence-electron chi connectivity index (χ0n) is 17.5. The molecule has 2 heterocycles. The van der Waals surface area contributed by atoms with E-state index in [1.165, 1.54) is 23.5 Å². The highest BCUT2D eigenvalue weighted by atomic mass is 35.5. The zero-order valence-corrected chi connectivity index (χ0v) is 19.9. The Morgan fingerprint density at radius 3 is 1.90 bits per heavy atom. The molecule has 0 aliphatic heterocycles. The van der Waals surface area contributed by atoms with Crippen LogP contribution in [-0.4, -0.2) is 57.6 Å². The van der Waals surface area contributed by atoms with E-state index in [4.69, 9.17) is 21.1 Å². The SMILES string of the molecule is CCOC(=O)c1c(C)nc(SC)[nH]c1=O.CCOC(=O)c1c(C)nc(SC)nc1Cl. The van der Waals surface area contributed by atoms with Crippen molar-refractivity contribution in [3.05, 3.63) is 38.0 Å². The Hall–Kier alpha value is -2.11. The molecule has 0 aliphatic carbocycles. The molecular formula is C18H23ClN4O5S2. The normalized spacial score (nSPS) is 10.1. The van der Waals surface area contributed by atoms with Gasteiger partial charge in [-0.05, 0) is 40.2 Å². The molecule has 0 amide bonds. The molecule has 0 aromatic carbocycles. The number of carbonyl (C=O) groups excluding carboxylic acids is 2. The van der Waals surface area contributed by atoms with Gasteiger partial charge in [0.1, 0.15) is 16.3 Å². The first-order valence-electron chi connectivity index (χ1n) is 8.77. The van der Waals surface area contributed by atoms with Crippen LogP contribution in [0.15, 0.2) is 15.1 Å². The summed E-state index contributed by atoms with van der Waals surface area (Å²) in [6.45, 7) is 7.28. The predicted molar refractivity (Wildman–Crippen MR) is 117 cm³/mol. The predicted octanol–water partition coefficient (Wildman–Crippen LogP) is 3.31. The number of carbonyl (C=O) groups is 2. The second kappa shape index (κ2) is 12.6. The minimum Gasteiger partial charge on any atom is -0.462 e. The number of nitrogens with zero attached hydrogens (tertiary/aromatic N) is 3. The van der Waals surface area contributed by atoms with Crippen LogP contribution in [0.25, 0.3) is 0 Å².